The van der Waals surface area contributed by atoms with Gasteiger partial charge in [0.25, 0.3) is 11.6 Å². The van der Waals surface area contributed by atoms with E-state index in [-0.39, 0.29) is 11.3 Å². The number of primary amides is 1. The topological polar surface area (TPSA) is 110 Å². The Labute approximate surface area is 98.1 Å². The molecule has 17 heavy (non-hydrogen) atoms. The van der Waals surface area contributed by atoms with Crippen LogP contribution >= 0.6 is 0 Å². The Kier molecular flexibility index (Phi) is 4.41. The summed E-state index contributed by atoms with van der Waals surface area (Å²) < 4.78 is 0. The van der Waals surface area contributed by atoms with E-state index in [4.69, 9.17) is 5.73 Å². The van der Waals surface area contributed by atoms with Crippen LogP contribution in [0, 0.1) is 10.1 Å². The SMILES string of the molecule is CNCCNc1ccc([N+](=O)[O-])cc1C(N)=O. The summed E-state index contributed by atoms with van der Waals surface area (Å²) in [5, 5.41) is 16.5. The summed E-state index contributed by atoms with van der Waals surface area (Å²) in [5.41, 5.74) is 5.64. The Balaban J connectivity index is 2.96. The molecule has 92 valence electrons. The molecule has 0 aliphatic heterocycles. The number of amides is 1. The third-order valence-corrected chi connectivity index (χ3v) is 2.17. The summed E-state index contributed by atoms with van der Waals surface area (Å²) in [4.78, 5) is 21.2. The number of carbonyl (C=O) groups excluding carboxylic acids is 1. The first-order chi connectivity index (χ1) is 8.06. The van der Waals surface area contributed by atoms with Gasteiger partial charge in [0.2, 0.25) is 0 Å². The number of likely N-dealkylation sites (N-methyl/N-ethyl adjacent to an activating group) is 1. The number of hydrogen-bond acceptors (Lipinski definition) is 5. The zero-order valence-electron chi connectivity index (χ0n) is 9.40. The minimum atomic E-state index is -0.694. The predicted octanol–water partition coefficient (Wildman–Crippen LogP) is 0.325. The molecule has 7 nitrogen and oxygen atoms in total. The lowest BCUT2D eigenvalue weighted by Crippen LogP contribution is -2.20. The first-order valence-corrected chi connectivity index (χ1v) is 5.03. The van der Waals surface area contributed by atoms with Gasteiger partial charge in [0.1, 0.15) is 0 Å². The number of hydrogen-bond donors (Lipinski definition) is 3. The van der Waals surface area contributed by atoms with Crippen LogP contribution < -0.4 is 16.4 Å². The maximum Gasteiger partial charge on any atom is 0.270 e. The second-order valence-corrected chi connectivity index (χ2v) is 3.38. The highest BCUT2D eigenvalue weighted by molar-refractivity contribution is 5.99. The number of benzene rings is 1. The molecule has 0 heterocycles. The van der Waals surface area contributed by atoms with Crippen molar-refractivity contribution in [2.45, 2.75) is 0 Å². The first-order valence-electron chi connectivity index (χ1n) is 5.03. The zero-order chi connectivity index (χ0) is 12.8. The van der Waals surface area contributed by atoms with Crippen molar-refractivity contribution in [3.8, 4) is 0 Å². The summed E-state index contributed by atoms with van der Waals surface area (Å²) in [7, 11) is 1.80. The summed E-state index contributed by atoms with van der Waals surface area (Å²) in [6, 6.07) is 3.98. The fraction of sp³-hybridized carbons (Fsp3) is 0.300. The van der Waals surface area contributed by atoms with Crippen molar-refractivity contribution in [1.29, 1.82) is 0 Å². The second-order valence-electron chi connectivity index (χ2n) is 3.38. The van der Waals surface area contributed by atoms with Gasteiger partial charge in [0, 0.05) is 30.9 Å². The van der Waals surface area contributed by atoms with E-state index >= 15 is 0 Å². The average molecular weight is 238 g/mol. The second kappa shape index (κ2) is 5.80. The molecule has 1 amide bonds. The van der Waals surface area contributed by atoms with Crippen molar-refractivity contribution >= 4 is 17.3 Å². The quantitative estimate of drug-likeness (QED) is 0.375. The minimum Gasteiger partial charge on any atom is -0.383 e. The smallest absolute Gasteiger partial charge is 0.270 e. The lowest BCUT2D eigenvalue weighted by Gasteiger charge is -2.09. The summed E-state index contributed by atoms with van der Waals surface area (Å²) in [5.74, 6) is -0.694. The fourth-order valence-corrected chi connectivity index (χ4v) is 1.33. The molecule has 1 aromatic rings. The van der Waals surface area contributed by atoms with Crippen molar-refractivity contribution < 1.29 is 9.72 Å². The molecule has 1 aromatic carbocycles. The maximum absolute atomic E-state index is 11.2. The van der Waals surface area contributed by atoms with E-state index in [9.17, 15) is 14.9 Å². The van der Waals surface area contributed by atoms with Crippen LogP contribution in [0.25, 0.3) is 0 Å². The van der Waals surface area contributed by atoms with Gasteiger partial charge in [0.05, 0.1) is 10.5 Å². The highest BCUT2D eigenvalue weighted by atomic mass is 16.6. The van der Waals surface area contributed by atoms with Crippen LogP contribution in [0.1, 0.15) is 10.4 Å². The first kappa shape index (κ1) is 12.9. The molecule has 0 radical (unpaired) electrons. The van der Waals surface area contributed by atoms with Crippen LogP contribution in [-0.4, -0.2) is 31.0 Å². The summed E-state index contributed by atoms with van der Waals surface area (Å²) >= 11 is 0. The standard InChI is InChI=1S/C10H14N4O3/c1-12-4-5-13-9-3-2-7(14(16)17)6-8(9)10(11)15/h2-3,6,12-13H,4-5H2,1H3,(H2,11,15). The third-order valence-electron chi connectivity index (χ3n) is 2.17. The molecule has 0 bridgehead atoms. The Bertz CT molecular complexity index is 434. The van der Waals surface area contributed by atoms with E-state index in [2.05, 4.69) is 10.6 Å². The molecular formula is C10H14N4O3. The maximum atomic E-state index is 11.2. The molecular weight excluding hydrogens is 224 g/mol. The van der Waals surface area contributed by atoms with Gasteiger partial charge in [-0.2, -0.15) is 0 Å². The molecule has 7 heteroatoms. The molecule has 0 aromatic heterocycles. The molecule has 0 fully saturated rings. The van der Waals surface area contributed by atoms with Gasteiger partial charge < -0.3 is 16.4 Å². The van der Waals surface area contributed by atoms with Gasteiger partial charge in [-0.1, -0.05) is 0 Å². The van der Waals surface area contributed by atoms with Crippen molar-refractivity contribution in [3.05, 3.63) is 33.9 Å². The van der Waals surface area contributed by atoms with Gasteiger partial charge in [-0.25, -0.2) is 0 Å². The number of nitrogens with zero attached hydrogens (tertiary/aromatic N) is 1. The van der Waals surface area contributed by atoms with Crippen molar-refractivity contribution in [2.75, 3.05) is 25.5 Å². The van der Waals surface area contributed by atoms with E-state index in [1.807, 2.05) is 0 Å². The van der Waals surface area contributed by atoms with E-state index in [1.165, 1.54) is 18.2 Å². The largest absolute Gasteiger partial charge is 0.383 e. The van der Waals surface area contributed by atoms with Crippen LogP contribution in [0.3, 0.4) is 0 Å². The van der Waals surface area contributed by atoms with Crippen LogP contribution in [-0.2, 0) is 0 Å². The average Bonchev–Trinajstić information content (AvgIpc) is 2.29. The third kappa shape index (κ3) is 3.42. The van der Waals surface area contributed by atoms with Gasteiger partial charge in [-0.15, -0.1) is 0 Å². The summed E-state index contributed by atoms with van der Waals surface area (Å²) in [6.07, 6.45) is 0. The van der Waals surface area contributed by atoms with Crippen molar-refractivity contribution in [3.63, 3.8) is 0 Å². The Morgan fingerprint density at radius 2 is 2.18 bits per heavy atom. The normalized spacial score (nSPS) is 9.94. The Morgan fingerprint density at radius 3 is 2.71 bits per heavy atom. The number of nitro benzene ring substituents is 1. The number of nitrogens with one attached hydrogen (secondary N) is 2. The fourth-order valence-electron chi connectivity index (χ4n) is 1.33. The predicted molar refractivity (Wildman–Crippen MR) is 64.0 cm³/mol. The highest BCUT2D eigenvalue weighted by Gasteiger charge is 2.14. The monoisotopic (exact) mass is 238 g/mol. The molecule has 0 unspecified atom stereocenters. The molecule has 0 aliphatic rings. The number of nitro groups is 1. The molecule has 0 saturated carbocycles. The number of non-ortho nitro benzene ring substituents is 1. The Morgan fingerprint density at radius 1 is 1.47 bits per heavy atom. The van der Waals surface area contributed by atoms with Crippen molar-refractivity contribution in [2.24, 2.45) is 5.73 Å². The van der Waals surface area contributed by atoms with Crippen LogP contribution in [0.2, 0.25) is 0 Å². The van der Waals surface area contributed by atoms with Gasteiger partial charge in [-0.05, 0) is 13.1 Å². The minimum absolute atomic E-state index is 0.121. The van der Waals surface area contributed by atoms with Gasteiger partial charge in [-0.3, -0.25) is 14.9 Å². The highest BCUT2D eigenvalue weighted by Crippen LogP contribution is 2.21. The molecule has 0 spiro atoms. The molecule has 0 saturated heterocycles. The van der Waals surface area contributed by atoms with E-state index in [0.29, 0.717) is 18.8 Å². The molecule has 1 rings (SSSR count). The molecule has 0 atom stereocenters. The van der Waals surface area contributed by atoms with Gasteiger partial charge in [0.15, 0.2) is 0 Å². The van der Waals surface area contributed by atoms with E-state index in [0.717, 1.165) is 0 Å². The van der Waals surface area contributed by atoms with Crippen molar-refractivity contribution in [1.82, 2.24) is 5.32 Å². The lowest BCUT2D eigenvalue weighted by atomic mass is 10.1. The molecule has 4 N–H and O–H groups in total. The number of carbonyl (C=O) groups is 1. The van der Waals surface area contributed by atoms with E-state index < -0.39 is 10.8 Å². The number of rotatable bonds is 6. The number of nitrogens with two attached hydrogens (primary N) is 1. The summed E-state index contributed by atoms with van der Waals surface area (Å²) in [6.45, 7) is 1.30. The Hall–Kier alpha value is -2.15. The number of anilines is 1. The lowest BCUT2D eigenvalue weighted by molar-refractivity contribution is -0.384. The molecule has 0 aliphatic carbocycles. The zero-order valence-corrected chi connectivity index (χ0v) is 9.40. The van der Waals surface area contributed by atoms with E-state index in [1.54, 1.807) is 7.05 Å². The van der Waals surface area contributed by atoms with Gasteiger partial charge >= 0.3 is 0 Å². The van der Waals surface area contributed by atoms with Crippen LogP contribution in [0.15, 0.2) is 18.2 Å². The van der Waals surface area contributed by atoms with Crippen LogP contribution in [0.5, 0.6) is 0 Å². The van der Waals surface area contributed by atoms with Crippen LogP contribution in [0.4, 0.5) is 11.4 Å².